The van der Waals surface area contributed by atoms with E-state index >= 15 is 0 Å². The van der Waals surface area contributed by atoms with Gasteiger partial charge in [-0.3, -0.25) is 0 Å². The Morgan fingerprint density at radius 1 is 0.857 bits per heavy atom. The lowest BCUT2D eigenvalue weighted by Crippen LogP contribution is -2.01. The van der Waals surface area contributed by atoms with Gasteiger partial charge in [0.2, 0.25) is 0 Å². The van der Waals surface area contributed by atoms with Gasteiger partial charge in [-0.25, -0.2) is 0 Å². The predicted octanol–water partition coefficient (Wildman–Crippen LogP) is 5.38. The summed E-state index contributed by atoms with van der Waals surface area (Å²) >= 11 is 0. The summed E-state index contributed by atoms with van der Waals surface area (Å²) < 4.78 is 0. The van der Waals surface area contributed by atoms with E-state index in [9.17, 15) is 0 Å². The van der Waals surface area contributed by atoms with Crippen LogP contribution in [-0.4, -0.2) is 0 Å². The third-order valence-electron chi connectivity index (χ3n) is 2.97. The molecule has 1 unspecified atom stereocenters. The quantitative estimate of drug-likeness (QED) is 0.413. The van der Waals surface area contributed by atoms with Crippen LogP contribution in [0.3, 0.4) is 0 Å². The van der Waals surface area contributed by atoms with E-state index in [0.29, 0.717) is 0 Å². The molecule has 0 saturated carbocycles. The third-order valence-corrected chi connectivity index (χ3v) is 2.97. The van der Waals surface area contributed by atoms with E-state index in [1.54, 1.807) is 0 Å². The first kappa shape index (κ1) is 14.0. The number of unbranched alkanes of at least 4 members (excludes halogenated alkanes) is 4. The second kappa shape index (κ2) is 11.1. The second-order valence-corrected chi connectivity index (χ2v) is 4.44. The van der Waals surface area contributed by atoms with Crippen LogP contribution in [0.2, 0.25) is 0 Å². The van der Waals surface area contributed by atoms with E-state index in [4.69, 9.17) is 0 Å². The molecular weight excluding hydrogens is 168 g/mol. The Bertz CT molecular complexity index is 88.2. The Kier molecular flexibility index (Phi) is 11.1. The first-order chi connectivity index (χ1) is 6.85. The molecule has 0 nitrogen and oxygen atoms in total. The van der Waals surface area contributed by atoms with Gasteiger partial charge in [0, 0.05) is 0 Å². The van der Waals surface area contributed by atoms with Gasteiger partial charge in [0.1, 0.15) is 0 Å². The van der Waals surface area contributed by atoms with Gasteiger partial charge in [0.25, 0.3) is 0 Å². The van der Waals surface area contributed by atoms with Gasteiger partial charge < -0.3 is 0 Å². The number of hydrogen-bond acceptors (Lipinski definition) is 0. The molecule has 0 amide bonds. The summed E-state index contributed by atoms with van der Waals surface area (Å²) in [6.07, 6.45) is 15.0. The van der Waals surface area contributed by atoms with Crippen molar-refractivity contribution >= 4 is 0 Å². The minimum absolute atomic E-state index is 0.987. The van der Waals surface area contributed by atoms with Crippen molar-refractivity contribution < 1.29 is 0 Å². The Labute approximate surface area is 91.5 Å². The van der Waals surface area contributed by atoms with Crippen molar-refractivity contribution in [3.05, 3.63) is 6.42 Å². The highest BCUT2D eigenvalue weighted by Crippen LogP contribution is 2.21. The van der Waals surface area contributed by atoms with Crippen molar-refractivity contribution in [2.75, 3.05) is 0 Å². The lowest BCUT2D eigenvalue weighted by molar-refractivity contribution is 0.407. The molecule has 0 aromatic carbocycles. The average Bonchev–Trinajstić information content (AvgIpc) is 2.21. The number of rotatable bonds is 10. The van der Waals surface area contributed by atoms with Crippen molar-refractivity contribution in [3.63, 3.8) is 0 Å². The minimum Gasteiger partial charge on any atom is -0.0654 e. The topological polar surface area (TPSA) is 0 Å². The fraction of sp³-hybridized carbons (Fsp3) is 0.929. The van der Waals surface area contributed by atoms with E-state index < -0.39 is 0 Å². The Morgan fingerprint density at radius 3 is 2.07 bits per heavy atom. The smallest absolute Gasteiger partial charge is 0.0386 e. The molecule has 0 rings (SSSR count). The molecule has 1 radical (unpaired) electrons. The van der Waals surface area contributed by atoms with Crippen LogP contribution in [0.5, 0.6) is 0 Å². The van der Waals surface area contributed by atoms with Crippen LogP contribution in [0.25, 0.3) is 0 Å². The van der Waals surface area contributed by atoms with E-state index in [2.05, 4.69) is 27.2 Å². The van der Waals surface area contributed by atoms with Crippen molar-refractivity contribution in [3.8, 4) is 0 Å². The lowest BCUT2D eigenvalue weighted by atomic mass is 9.91. The molecule has 85 valence electrons. The Morgan fingerprint density at radius 2 is 1.50 bits per heavy atom. The van der Waals surface area contributed by atoms with Crippen molar-refractivity contribution in [1.82, 2.24) is 0 Å². The maximum absolute atomic E-state index is 2.46. The second-order valence-electron chi connectivity index (χ2n) is 4.44. The summed E-state index contributed by atoms with van der Waals surface area (Å²) in [6.45, 7) is 6.84. The summed E-state index contributed by atoms with van der Waals surface area (Å²) in [5, 5.41) is 0. The minimum atomic E-state index is 0.987. The number of hydrogen-bond donors (Lipinski definition) is 0. The first-order valence-electron chi connectivity index (χ1n) is 6.66. The van der Waals surface area contributed by atoms with Crippen molar-refractivity contribution in [2.24, 2.45) is 5.92 Å². The summed E-state index contributed by atoms with van der Waals surface area (Å²) in [4.78, 5) is 0. The average molecular weight is 197 g/mol. The molecule has 0 heteroatoms. The van der Waals surface area contributed by atoms with E-state index in [1.165, 1.54) is 57.8 Å². The first-order valence-corrected chi connectivity index (χ1v) is 6.66. The van der Waals surface area contributed by atoms with Gasteiger partial charge in [0.05, 0.1) is 0 Å². The van der Waals surface area contributed by atoms with Gasteiger partial charge in [0.15, 0.2) is 0 Å². The van der Waals surface area contributed by atoms with Crippen molar-refractivity contribution in [1.29, 1.82) is 0 Å². The highest BCUT2D eigenvalue weighted by atomic mass is 14.1. The molecule has 0 bridgehead atoms. The zero-order valence-electron chi connectivity index (χ0n) is 10.5. The Balaban J connectivity index is 3.49. The predicted molar refractivity (Wildman–Crippen MR) is 66.4 cm³/mol. The SMILES string of the molecule is CC[CH]CC(CCCC)CCCCC. The highest BCUT2D eigenvalue weighted by Gasteiger charge is 2.06. The summed E-state index contributed by atoms with van der Waals surface area (Å²) in [5.74, 6) is 0.987. The molecule has 0 saturated heterocycles. The molecule has 0 aromatic rings. The molecule has 0 heterocycles. The third kappa shape index (κ3) is 8.59. The highest BCUT2D eigenvalue weighted by molar-refractivity contribution is 4.70. The fourth-order valence-electron chi connectivity index (χ4n) is 1.96. The molecule has 0 aliphatic heterocycles. The molecule has 1 atom stereocenters. The van der Waals surface area contributed by atoms with Gasteiger partial charge in [-0.05, 0) is 18.8 Å². The Hall–Kier alpha value is 0. The van der Waals surface area contributed by atoms with E-state index in [-0.39, 0.29) is 0 Å². The van der Waals surface area contributed by atoms with E-state index in [0.717, 1.165) is 5.92 Å². The van der Waals surface area contributed by atoms with Crippen molar-refractivity contribution in [2.45, 2.75) is 78.6 Å². The maximum atomic E-state index is 2.46. The maximum Gasteiger partial charge on any atom is -0.0386 e. The zero-order chi connectivity index (χ0) is 10.6. The zero-order valence-corrected chi connectivity index (χ0v) is 10.5. The summed E-state index contributed by atoms with van der Waals surface area (Å²) in [5.41, 5.74) is 0. The molecule has 0 spiro atoms. The molecule has 0 fully saturated rings. The van der Waals surface area contributed by atoms with Crippen LogP contribution in [0.4, 0.5) is 0 Å². The van der Waals surface area contributed by atoms with Crippen LogP contribution in [0.15, 0.2) is 0 Å². The molecular formula is C14H29. The molecule has 14 heavy (non-hydrogen) atoms. The van der Waals surface area contributed by atoms with Crippen LogP contribution >= 0.6 is 0 Å². The van der Waals surface area contributed by atoms with Crippen LogP contribution in [-0.2, 0) is 0 Å². The molecule has 0 aromatic heterocycles. The van der Waals surface area contributed by atoms with Crippen LogP contribution in [0, 0.1) is 12.3 Å². The standard InChI is InChI=1S/C14H29/c1-4-7-10-13-14(11-8-5-2)12-9-6-3/h8,14H,4-7,9-13H2,1-3H3. The fourth-order valence-corrected chi connectivity index (χ4v) is 1.96. The summed E-state index contributed by atoms with van der Waals surface area (Å²) in [6, 6.07) is 0. The molecule has 0 aliphatic carbocycles. The van der Waals surface area contributed by atoms with Gasteiger partial charge in [-0.1, -0.05) is 72.1 Å². The van der Waals surface area contributed by atoms with Crippen LogP contribution < -0.4 is 0 Å². The largest absolute Gasteiger partial charge is 0.0654 e. The lowest BCUT2D eigenvalue weighted by Gasteiger charge is -2.15. The van der Waals surface area contributed by atoms with E-state index in [1.807, 2.05) is 0 Å². The van der Waals surface area contributed by atoms with Gasteiger partial charge >= 0.3 is 0 Å². The monoisotopic (exact) mass is 197 g/mol. The summed E-state index contributed by atoms with van der Waals surface area (Å²) in [7, 11) is 0. The van der Waals surface area contributed by atoms with Crippen LogP contribution in [0.1, 0.15) is 78.6 Å². The normalized spacial score (nSPS) is 11.1. The molecule has 0 N–H and O–H groups in total. The van der Waals surface area contributed by atoms with Gasteiger partial charge in [-0.2, -0.15) is 0 Å². The van der Waals surface area contributed by atoms with Gasteiger partial charge in [-0.15, -0.1) is 0 Å². The molecule has 0 aliphatic rings.